The summed E-state index contributed by atoms with van der Waals surface area (Å²) in [5, 5.41) is 8.32. The molecular weight excluding hydrogens is 494 g/mol. The predicted octanol–water partition coefficient (Wildman–Crippen LogP) is 4.15. The van der Waals surface area contributed by atoms with Crippen LogP contribution in [-0.4, -0.2) is 31.9 Å². The molecule has 1 aliphatic carbocycles. The van der Waals surface area contributed by atoms with Gasteiger partial charge < -0.3 is 14.5 Å². The molecular formula is C27H23N3O6S. The third kappa shape index (κ3) is 5.30. The zero-order valence-corrected chi connectivity index (χ0v) is 20.5. The second-order valence-electron chi connectivity index (χ2n) is 8.56. The number of aromatic nitrogens is 1. The van der Waals surface area contributed by atoms with Crippen LogP contribution in [0, 0.1) is 0 Å². The average molecular weight is 518 g/mol. The molecule has 0 bridgehead atoms. The van der Waals surface area contributed by atoms with Gasteiger partial charge in [0, 0.05) is 11.1 Å². The van der Waals surface area contributed by atoms with Crippen molar-refractivity contribution in [3.8, 4) is 0 Å². The molecule has 2 aromatic heterocycles. The molecule has 2 heterocycles. The van der Waals surface area contributed by atoms with Crippen LogP contribution in [0.25, 0.3) is 22.6 Å². The van der Waals surface area contributed by atoms with Crippen molar-refractivity contribution in [1.29, 1.82) is 0 Å². The maximum atomic E-state index is 13.3. The maximum Gasteiger partial charge on any atom is 0.339 e. The van der Waals surface area contributed by atoms with Crippen molar-refractivity contribution < 1.29 is 27.2 Å². The van der Waals surface area contributed by atoms with Crippen LogP contribution in [0.5, 0.6) is 0 Å². The number of nitrogens with zero attached hydrogens (tertiary/aromatic N) is 1. The number of carbonyl (C=O) groups excluding carboxylic acids is 2. The quantitative estimate of drug-likeness (QED) is 0.366. The van der Waals surface area contributed by atoms with Crippen molar-refractivity contribution in [3.63, 3.8) is 0 Å². The fourth-order valence-electron chi connectivity index (χ4n) is 4.38. The summed E-state index contributed by atoms with van der Waals surface area (Å²) in [5.74, 6) is -0.480. The van der Waals surface area contributed by atoms with E-state index in [1.54, 1.807) is 6.26 Å². The van der Waals surface area contributed by atoms with Gasteiger partial charge in [0.1, 0.15) is 5.76 Å². The van der Waals surface area contributed by atoms with Crippen molar-refractivity contribution in [3.05, 3.63) is 89.5 Å². The summed E-state index contributed by atoms with van der Waals surface area (Å²) in [6, 6.07) is 16.4. The number of ether oxygens (including phenoxy) is 1. The first kappa shape index (κ1) is 24.4. The smallest absolute Gasteiger partial charge is 0.339 e. The molecule has 1 amide bonds. The Labute approximate surface area is 213 Å². The van der Waals surface area contributed by atoms with Crippen LogP contribution in [0.1, 0.15) is 40.2 Å². The van der Waals surface area contributed by atoms with E-state index in [4.69, 9.17) is 19.3 Å². The zero-order valence-electron chi connectivity index (χ0n) is 19.6. The van der Waals surface area contributed by atoms with Gasteiger partial charge in [-0.1, -0.05) is 18.2 Å². The molecule has 3 N–H and O–H groups in total. The first-order valence-corrected chi connectivity index (χ1v) is 13.1. The maximum absolute atomic E-state index is 13.3. The Morgan fingerprint density at radius 2 is 1.84 bits per heavy atom. The molecule has 0 saturated carbocycles. The van der Waals surface area contributed by atoms with Crippen LogP contribution >= 0.6 is 0 Å². The van der Waals surface area contributed by atoms with Crippen molar-refractivity contribution in [2.75, 3.05) is 11.9 Å². The molecule has 5 rings (SSSR count). The summed E-state index contributed by atoms with van der Waals surface area (Å²) in [6.45, 7) is -0.518. The topological polar surface area (TPSA) is 142 Å². The van der Waals surface area contributed by atoms with Crippen molar-refractivity contribution in [2.24, 2.45) is 5.14 Å². The van der Waals surface area contributed by atoms with E-state index in [0.29, 0.717) is 34.3 Å². The highest BCUT2D eigenvalue weighted by molar-refractivity contribution is 7.89. The minimum absolute atomic E-state index is 0.0771. The number of hydrogen-bond donors (Lipinski definition) is 2. The van der Waals surface area contributed by atoms with E-state index >= 15 is 0 Å². The summed E-state index contributed by atoms with van der Waals surface area (Å²) in [6.07, 6.45) is 5.81. The van der Waals surface area contributed by atoms with E-state index in [1.807, 2.05) is 42.5 Å². The number of fused-ring (bicyclic) bond motifs is 2. The largest absolute Gasteiger partial charge is 0.465 e. The Morgan fingerprint density at radius 1 is 1.05 bits per heavy atom. The normalized spacial score (nSPS) is 14.4. The number of pyridine rings is 1. The molecule has 0 unspecified atom stereocenters. The highest BCUT2D eigenvalue weighted by Crippen LogP contribution is 2.36. The number of hydrogen-bond acceptors (Lipinski definition) is 7. The molecule has 9 nitrogen and oxygen atoms in total. The third-order valence-electron chi connectivity index (χ3n) is 6.04. The number of amides is 1. The lowest BCUT2D eigenvalue weighted by molar-refractivity contribution is -0.119. The average Bonchev–Trinajstić information content (AvgIpc) is 3.39. The fraction of sp³-hybridized carbons (Fsp3) is 0.148. The number of allylic oxidation sites excluding steroid dienone is 1. The van der Waals surface area contributed by atoms with Gasteiger partial charge >= 0.3 is 5.97 Å². The second kappa shape index (κ2) is 10.00. The van der Waals surface area contributed by atoms with E-state index in [9.17, 15) is 18.0 Å². The highest BCUT2D eigenvalue weighted by atomic mass is 32.2. The van der Waals surface area contributed by atoms with Crippen molar-refractivity contribution in [2.45, 2.75) is 24.2 Å². The lowest BCUT2D eigenvalue weighted by atomic mass is 9.86. The van der Waals surface area contributed by atoms with Crippen LogP contribution in [0.3, 0.4) is 0 Å². The molecule has 188 valence electrons. The molecule has 10 heteroatoms. The number of rotatable bonds is 6. The van der Waals surface area contributed by atoms with Crippen LogP contribution in [0.2, 0.25) is 0 Å². The van der Waals surface area contributed by atoms with Crippen LogP contribution in [0.4, 0.5) is 5.69 Å². The number of sulfonamides is 1. The van der Waals surface area contributed by atoms with Crippen LogP contribution < -0.4 is 10.5 Å². The lowest BCUT2D eigenvalue weighted by Gasteiger charge is -2.22. The first-order chi connectivity index (χ1) is 17.8. The molecule has 0 radical (unpaired) electrons. The Kier molecular flexibility index (Phi) is 6.60. The molecule has 0 fully saturated rings. The Balaban J connectivity index is 1.39. The van der Waals surface area contributed by atoms with Crippen molar-refractivity contribution in [1.82, 2.24) is 4.98 Å². The number of para-hydroxylation sites is 1. The highest BCUT2D eigenvalue weighted by Gasteiger charge is 2.26. The van der Waals surface area contributed by atoms with Gasteiger partial charge in [0.2, 0.25) is 10.0 Å². The number of nitrogens with one attached hydrogen (secondary N) is 1. The van der Waals surface area contributed by atoms with Gasteiger partial charge in [0.05, 0.1) is 27.9 Å². The Morgan fingerprint density at radius 3 is 2.57 bits per heavy atom. The van der Waals surface area contributed by atoms with Gasteiger partial charge in [0.15, 0.2) is 6.61 Å². The van der Waals surface area contributed by atoms with E-state index < -0.39 is 28.5 Å². The van der Waals surface area contributed by atoms with Gasteiger partial charge in [-0.3, -0.25) is 4.79 Å². The number of esters is 1. The number of furan rings is 1. The number of nitrogens with two attached hydrogens (primary N) is 1. The minimum atomic E-state index is -3.84. The summed E-state index contributed by atoms with van der Waals surface area (Å²) in [4.78, 5) is 30.5. The molecule has 0 spiro atoms. The molecule has 0 saturated heterocycles. The predicted molar refractivity (Wildman–Crippen MR) is 138 cm³/mol. The Hall–Kier alpha value is -4.28. The fourth-order valence-corrected chi connectivity index (χ4v) is 4.90. The third-order valence-corrected chi connectivity index (χ3v) is 6.96. The summed E-state index contributed by atoms with van der Waals surface area (Å²) in [5.41, 5.74) is 3.87. The molecule has 0 aliphatic heterocycles. The SMILES string of the molecule is NS(=O)(=O)c1ccc(NC(=O)COC(=O)c2c3c(nc4ccccc24)/C(=C/c2ccco2)CCC3)cc1. The molecule has 2 aromatic carbocycles. The van der Waals surface area contributed by atoms with Gasteiger partial charge in [-0.15, -0.1) is 0 Å². The van der Waals surface area contributed by atoms with E-state index in [0.717, 1.165) is 29.7 Å². The standard InChI is InChI=1S/C27H23N3O6S/c28-37(33,34)20-12-10-18(11-13-20)29-24(31)16-36-27(32)25-21-7-1-2-9-23(21)30-26-17(5-3-8-22(25)26)15-19-6-4-14-35-19/h1-2,4,6-7,9-15H,3,5,8,16H2,(H,29,31)(H2,28,33,34)/b17-15+. The lowest BCUT2D eigenvalue weighted by Crippen LogP contribution is -2.22. The van der Waals surface area contributed by atoms with E-state index in [2.05, 4.69) is 5.32 Å². The summed E-state index contributed by atoms with van der Waals surface area (Å²) >= 11 is 0. The minimum Gasteiger partial charge on any atom is -0.465 e. The zero-order chi connectivity index (χ0) is 26.0. The van der Waals surface area contributed by atoms with Gasteiger partial charge in [-0.05, 0) is 78.9 Å². The van der Waals surface area contributed by atoms with E-state index in [1.165, 1.54) is 24.3 Å². The van der Waals surface area contributed by atoms with Crippen LogP contribution in [-0.2, 0) is 26.0 Å². The van der Waals surface area contributed by atoms with Gasteiger partial charge in [0.25, 0.3) is 5.91 Å². The van der Waals surface area contributed by atoms with Crippen molar-refractivity contribution >= 4 is 50.1 Å². The first-order valence-electron chi connectivity index (χ1n) is 11.6. The number of carbonyl (C=O) groups is 2. The number of primary sulfonamides is 1. The number of benzene rings is 2. The van der Waals surface area contributed by atoms with Crippen LogP contribution in [0.15, 0.2) is 76.2 Å². The van der Waals surface area contributed by atoms with Gasteiger partial charge in [-0.2, -0.15) is 0 Å². The second-order valence-corrected chi connectivity index (χ2v) is 10.1. The molecule has 0 atom stereocenters. The monoisotopic (exact) mass is 517 g/mol. The molecule has 1 aliphatic rings. The van der Waals surface area contributed by atoms with Gasteiger partial charge in [-0.25, -0.2) is 23.3 Å². The molecule has 4 aromatic rings. The summed E-state index contributed by atoms with van der Waals surface area (Å²) in [7, 11) is -3.84. The summed E-state index contributed by atoms with van der Waals surface area (Å²) < 4.78 is 33.7. The van der Waals surface area contributed by atoms with E-state index in [-0.39, 0.29) is 4.90 Å². The number of anilines is 1. The Bertz CT molecular complexity index is 1620. The molecule has 37 heavy (non-hydrogen) atoms.